The van der Waals surface area contributed by atoms with E-state index in [2.05, 4.69) is 5.32 Å². The fourth-order valence-corrected chi connectivity index (χ4v) is 4.01. The van der Waals surface area contributed by atoms with Crippen molar-refractivity contribution < 1.29 is 9.90 Å². The summed E-state index contributed by atoms with van der Waals surface area (Å²) in [6.07, 6.45) is 4.69. The minimum atomic E-state index is -0.410. The first-order valence-electron chi connectivity index (χ1n) is 9.79. The highest BCUT2D eigenvalue weighted by Gasteiger charge is 2.20. The molecule has 144 valence electrons. The van der Waals surface area contributed by atoms with E-state index in [-0.39, 0.29) is 17.7 Å². The Balaban J connectivity index is 1.70. The van der Waals surface area contributed by atoms with E-state index in [9.17, 15) is 9.59 Å². The maximum atomic E-state index is 13.2. The van der Waals surface area contributed by atoms with Gasteiger partial charge in [0.1, 0.15) is 5.56 Å². The summed E-state index contributed by atoms with van der Waals surface area (Å²) in [6.45, 7) is 0.608. The number of hydrogen-bond acceptors (Lipinski definition) is 3. The first-order valence-corrected chi connectivity index (χ1v) is 9.79. The molecule has 1 fully saturated rings. The van der Waals surface area contributed by atoms with Gasteiger partial charge in [0.05, 0.1) is 12.1 Å². The molecular formula is C23H24N2O3. The molecule has 2 N–H and O–H groups in total. The number of para-hydroxylation sites is 1. The van der Waals surface area contributed by atoms with E-state index in [0.717, 1.165) is 29.3 Å². The third-order valence-electron chi connectivity index (χ3n) is 5.56. The van der Waals surface area contributed by atoms with Gasteiger partial charge in [-0.1, -0.05) is 43.2 Å². The van der Waals surface area contributed by atoms with E-state index in [1.807, 2.05) is 24.3 Å². The second kappa shape index (κ2) is 7.98. The van der Waals surface area contributed by atoms with E-state index >= 15 is 0 Å². The number of rotatable bonds is 5. The number of aliphatic hydroxyl groups is 1. The molecule has 5 nitrogen and oxygen atoms in total. The van der Waals surface area contributed by atoms with Gasteiger partial charge in [-0.25, -0.2) is 0 Å². The third kappa shape index (κ3) is 3.71. The third-order valence-corrected chi connectivity index (χ3v) is 5.56. The number of hydrogen-bond donors (Lipinski definition) is 2. The smallest absolute Gasteiger partial charge is 0.263 e. The van der Waals surface area contributed by atoms with Crippen LogP contribution >= 0.6 is 0 Å². The molecule has 28 heavy (non-hydrogen) atoms. The summed E-state index contributed by atoms with van der Waals surface area (Å²) < 4.78 is 1.77. The van der Waals surface area contributed by atoms with Crippen LogP contribution in [-0.4, -0.2) is 15.6 Å². The van der Waals surface area contributed by atoms with Gasteiger partial charge in [-0.15, -0.1) is 0 Å². The van der Waals surface area contributed by atoms with Crippen LogP contribution in [0.1, 0.15) is 41.6 Å². The van der Waals surface area contributed by atoms with Gasteiger partial charge in [0, 0.05) is 12.2 Å². The molecule has 3 aromatic rings. The molecule has 0 spiro atoms. The predicted octanol–water partition coefficient (Wildman–Crippen LogP) is 3.94. The van der Waals surface area contributed by atoms with Crippen LogP contribution in [0.25, 0.3) is 10.9 Å². The quantitative estimate of drug-likeness (QED) is 0.709. The minimum absolute atomic E-state index is 0.0508. The molecule has 0 radical (unpaired) electrons. The zero-order valence-corrected chi connectivity index (χ0v) is 15.7. The molecule has 1 aliphatic rings. The average molecular weight is 376 g/mol. The Morgan fingerprint density at radius 2 is 1.79 bits per heavy atom. The van der Waals surface area contributed by atoms with Crippen molar-refractivity contribution in [3.63, 3.8) is 0 Å². The molecule has 1 aromatic heterocycles. The van der Waals surface area contributed by atoms with E-state index in [1.54, 1.807) is 34.9 Å². The second-order valence-electron chi connectivity index (χ2n) is 7.49. The number of amides is 1. The summed E-state index contributed by atoms with van der Waals surface area (Å²) in [5.41, 5.74) is 2.15. The highest BCUT2D eigenvalue weighted by molar-refractivity contribution is 6.05. The lowest BCUT2D eigenvalue weighted by atomic mass is 10.1. The first kappa shape index (κ1) is 18.4. The highest BCUT2D eigenvalue weighted by atomic mass is 16.3. The highest BCUT2D eigenvalue weighted by Crippen LogP contribution is 2.27. The van der Waals surface area contributed by atoms with Gasteiger partial charge in [0.15, 0.2) is 0 Å². The van der Waals surface area contributed by atoms with Gasteiger partial charge < -0.3 is 15.0 Å². The molecule has 1 saturated carbocycles. The number of carbonyl (C=O) groups is 1. The maximum Gasteiger partial charge on any atom is 0.263 e. The lowest BCUT2D eigenvalue weighted by Gasteiger charge is -2.16. The van der Waals surface area contributed by atoms with E-state index < -0.39 is 5.91 Å². The number of pyridine rings is 1. The topological polar surface area (TPSA) is 71.3 Å². The van der Waals surface area contributed by atoms with Crippen molar-refractivity contribution in [1.82, 2.24) is 4.57 Å². The monoisotopic (exact) mass is 376 g/mol. The Morgan fingerprint density at radius 1 is 1.07 bits per heavy atom. The molecule has 1 heterocycles. The fourth-order valence-electron chi connectivity index (χ4n) is 4.01. The Labute approximate surface area is 163 Å². The van der Waals surface area contributed by atoms with Crippen molar-refractivity contribution >= 4 is 22.5 Å². The molecule has 0 saturated heterocycles. The normalized spacial score (nSPS) is 14.5. The number of nitrogens with one attached hydrogen (secondary N) is 1. The van der Waals surface area contributed by atoms with E-state index in [1.165, 1.54) is 12.8 Å². The molecule has 0 unspecified atom stereocenters. The number of aromatic nitrogens is 1. The number of benzene rings is 2. The lowest BCUT2D eigenvalue weighted by Crippen LogP contribution is -2.31. The summed E-state index contributed by atoms with van der Waals surface area (Å²) in [6, 6.07) is 16.3. The van der Waals surface area contributed by atoms with Gasteiger partial charge >= 0.3 is 0 Å². The predicted molar refractivity (Wildman–Crippen MR) is 110 cm³/mol. The lowest BCUT2D eigenvalue weighted by molar-refractivity contribution is 0.102. The van der Waals surface area contributed by atoms with Crippen molar-refractivity contribution in [3.8, 4) is 0 Å². The van der Waals surface area contributed by atoms with Gasteiger partial charge in [-0.05, 0) is 54.0 Å². The summed E-state index contributed by atoms with van der Waals surface area (Å²) in [5.74, 6) is 0.0816. The largest absolute Gasteiger partial charge is 0.392 e. The van der Waals surface area contributed by atoms with Crippen molar-refractivity contribution in [2.75, 3.05) is 5.32 Å². The standard InChI is InChI=1S/C23H24N2O3/c26-15-17-9-11-19(12-10-17)24-22(27)20-13-18-7-3-4-8-21(18)25(23(20)28)14-16-5-1-2-6-16/h3-4,7-13,16,26H,1-2,5-6,14-15H2,(H,24,27). The van der Waals surface area contributed by atoms with Crippen molar-refractivity contribution in [3.05, 3.63) is 76.1 Å². The molecule has 1 aliphatic carbocycles. The minimum Gasteiger partial charge on any atom is -0.392 e. The zero-order valence-electron chi connectivity index (χ0n) is 15.7. The van der Waals surface area contributed by atoms with Gasteiger partial charge in [-0.2, -0.15) is 0 Å². The molecule has 0 atom stereocenters. The Bertz CT molecular complexity index is 1050. The number of fused-ring (bicyclic) bond motifs is 1. The number of nitrogens with zero attached hydrogens (tertiary/aromatic N) is 1. The van der Waals surface area contributed by atoms with Crippen LogP contribution in [-0.2, 0) is 13.2 Å². The van der Waals surface area contributed by atoms with Gasteiger partial charge in [-0.3, -0.25) is 9.59 Å². The zero-order chi connectivity index (χ0) is 19.5. The van der Waals surface area contributed by atoms with Crippen LogP contribution in [0.3, 0.4) is 0 Å². The molecule has 5 heteroatoms. The van der Waals surface area contributed by atoms with E-state index in [4.69, 9.17) is 5.11 Å². The molecule has 4 rings (SSSR count). The maximum absolute atomic E-state index is 13.2. The van der Waals surface area contributed by atoms with Crippen molar-refractivity contribution in [1.29, 1.82) is 0 Å². The SMILES string of the molecule is O=C(Nc1ccc(CO)cc1)c1cc2ccccc2n(CC2CCCC2)c1=O. The number of carbonyl (C=O) groups excluding carboxylic acids is 1. The Hall–Kier alpha value is -2.92. The van der Waals surface area contributed by atoms with Crippen LogP contribution in [0.15, 0.2) is 59.4 Å². The number of anilines is 1. The van der Waals surface area contributed by atoms with Crippen LogP contribution < -0.4 is 10.9 Å². The van der Waals surface area contributed by atoms with E-state index in [0.29, 0.717) is 18.2 Å². The molecule has 2 aromatic carbocycles. The van der Waals surface area contributed by atoms with Crippen molar-refractivity contribution in [2.24, 2.45) is 5.92 Å². The molecule has 0 bridgehead atoms. The van der Waals surface area contributed by atoms with Crippen molar-refractivity contribution in [2.45, 2.75) is 38.8 Å². The van der Waals surface area contributed by atoms with Crippen LogP contribution in [0.2, 0.25) is 0 Å². The first-order chi connectivity index (χ1) is 13.7. The van der Waals surface area contributed by atoms with Crippen LogP contribution in [0, 0.1) is 5.92 Å². The second-order valence-corrected chi connectivity index (χ2v) is 7.49. The Morgan fingerprint density at radius 3 is 2.50 bits per heavy atom. The molecular weight excluding hydrogens is 352 g/mol. The summed E-state index contributed by atoms with van der Waals surface area (Å²) in [5, 5.41) is 12.8. The van der Waals surface area contributed by atoms with Gasteiger partial charge in [0.2, 0.25) is 0 Å². The molecule has 0 aliphatic heterocycles. The number of aliphatic hydroxyl groups excluding tert-OH is 1. The van der Waals surface area contributed by atoms with Crippen LogP contribution in [0.4, 0.5) is 5.69 Å². The van der Waals surface area contributed by atoms with Gasteiger partial charge in [0.25, 0.3) is 11.5 Å². The fraction of sp³-hybridized carbons (Fsp3) is 0.304. The molecule has 1 amide bonds. The summed E-state index contributed by atoms with van der Waals surface area (Å²) in [4.78, 5) is 26.0. The Kier molecular flexibility index (Phi) is 5.26. The van der Waals surface area contributed by atoms with Crippen LogP contribution in [0.5, 0.6) is 0 Å². The summed E-state index contributed by atoms with van der Waals surface area (Å²) >= 11 is 0. The summed E-state index contributed by atoms with van der Waals surface area (Å²) in [7, 11) is 0. The average Bonchev–Trinajstić information content (AvgIpc) is 3.23.